The van der Waals surface area contributed by atoms with Gasteiger partial charge in [0, 0.05) is 11.8 Å². The number of nitrogens with one attached hydrogen (secondary N) is 2. The SMILES string of the molecule is CC(C)(C)C1=CC=C(S(=O)(=O)Nc2ccc(Cl)c3c2C(=O)N(Cc2ccc[nH]c2=O)C3=O)CC1. The van der Waals surface area contributed by atoms with E-state index in [-0.39, 0.29) is 44.3 Å². The number of sulfonamides is 1. The molecule has 2 N–H and O–H groups in total. The van der Waals surface area contributed by atoms with E-state index in [1.807, 2.05) is 6.08 Å². The highest BCUT2D eigenvalue weighted by Crippen LogP contribution is 2.38. The van der Waals surface area contributed by atoms with E-state index in [0.29, 0.717) is 12.8 Å². The number of rotatable bonds is 5. The molecule has 0 saturated heterocycles. The lowest BCUT2D eigenvalue weighted by atomic mass is 9.82. The smallest absolute Gasteiger partial charge is 0.264 e. The normalized spacial score (nSPS) is 16.3. The molecule has 2 heterocycles. The number of halogens is 1. The summed E-state index contributed by atoms with van der Waals surface area (Å²) < 4.78 is 28.7. The Bertz CT molecular complexity index is 1430. The zero-order valence-corrected chi connectivity index (χ0v) is 20.5. The predicted molar refractivity (Wildman–Crippen MR) is 130 cm³/mol. The predicted octanol–water partition coefficient (Wildman–Crippen LogP) is 4.22. The van der Waals surface area contributed by atoms with Crippen LogP contribution in [0.5, 0.6) is 0 Å². The highest BCUT2D eigenvalue weighted by molar-refractivity contribution is 7.96. The first kappa shape index (κ1) is 24.0. The van der Waals surface area contributed by atoms with Crippen LogP contribution < -0.4 is 10.3 Å². The number of aromatic amines is 1. The van der Waals surface area contributed by atoms with E-state index in [4.69, 9.17) is 11.6 Å². The van der Waals surface area contributed by atoms with Crippen molar-refractivity contribution in [1.29, 1.82) is 0 Å². The van der Waals surface area contributed by atoms with E-state index in [2.05, 4.69) is 30.5 Å². The maximum Gasteiger partial charge on any atom is 0.264 e. The summed E-state index contributed by atoms with van der Waals surface area (Å²) in [5.74, 6) is -1.42. The van der Waals surface area contributed by atoms with Gasteiger partial charge in [-0.1, -0.05) is 50.1 Å². The van der Waals surface area contributed by atoms with Crippen molar-refractivity contribution in [3.63, 3.8) is 0 Å². The van der Waals surface area contributed by atoms with Crippen LogP contribution >= 0.6 is 11.6 Å². The molecule has 1 aliphatic heterocycles. The van der Waals surface area contributed by atoms with E-state index >= 15 is 0 Å². The van der Waals surface area contributed by atoms with Crippen molar-refractivity contribution in [3.05, 3.63) is 85.2 Å². The van der Waals surface area contributed by atoms with Gasteiger partial charge in [-0.15, -0.1) is 0 Å². The number of fused-ring (bicyclic) bond motifs is 1. The van der Waals surface area contributed by atoms with Crippen LogP contribution in [0, 0.1) is 5.41 Å². The van der Waals surface area contributed by atoms with Crippen LogP contribution in [0.15, 0.2) is 57.9 Å². The summed E-state index contributed by atoms with van der Waals surface area (Å²) in [5.41, 5.74) is 0.608. The van der Waals surface area contributed by atoms with Gasteiger partial charge >= 0.3 is 0 Å². The van der Waals surface area contributed by atoms with Crippen LogP contribution in [-0.2, 0) is 16.6 Å². The van der Waals surface area contributed by atoms with Gasteiger partial charge in [0.15, 0.2) is 0 Å². The largest absolute Gasteiger partial charge is 0.329 e. The quantitative estimate of drug-likeness (QED) is 0.595. The molecular formula is C24H24ClN3O5S. The van der Waals surface area contributed by atoms with Gasteiger partial charge in [-0.25, -0.2) is 8.42 Å². The van der Waals surface area contributed by atoms with Crippen molar-refractivity contribution in [3.8, 4) is 0 Å². The average Bonchev–Trinajstić information content (AvgIpc) is 3.02. The van der Waals surface area contributed by atoms with Crippen molar-refractivity contribution < 1.29 is 18.0 Å². The lowest BCUT2D eigenvalue weighted by molar-refractivity contribution is 0.0642. The summed E-state index contributed by atoms with van der Waals surface area (Å²) in [5, 5.41) is 0.0235. The summed E-state index contributed by atoms with van der Waals surface area (Å²) in [6, 6.07) is 5.82. The number of anilines is 1. The molecule has 1 aliphatic carbocycles. The standard InChI is InChI=1S/C24H24ClN3O5S/c1-24(2,3)15-6-8-16(9-7-15)34(32,33)27-18-11-10-17(25)19-20(18)23(31)28(22(19)30)13-14-5-4-12-26-21(14)29/h4-6,8,10-12,27H,7,9,13H2,1-3H3,(H,26,29). The second-order valence-corrected chi connectivity index (χ2v) is 11.4. The number of hydrogen-bond donors (Lipinski definition) is 2. The fourth-order valence-electron chi connectivity index (χ4n) is 4.03. The summed E-state index contributed by atoms with van der Waals surface area (Å²) in [6.45, 7) is 5.94. The Morgan fingerprint density at radius 2 is 1.74 bits per heavy atom. The molecule has 4 rings (SSSR count). The van der Waals surface area contributed by atoms with E-state index in [1.165, 1.54) is 24.4 Å². The molecule has 8 nitrogen and oxygen atoms in total. The van der Waals surface area contributed by atoms with E-state index in [9.17, 15) is 22.8 Å². The maximum atomic E-state index is 13.2. The van der Waals surface area contributed by atoms with Crippen molar-refractivity contribution in [1.82, 2.24) is 9.88 Å². The van der Waals surface area contributed by atoms with Crippen LogP contribution in [0.3, 0.4) is 0 Å². The molecule has 1 aromatic carbocycles. The minimum atomic E-state index is -3.98. The van der Waals surface area contributed by atoms with Crippen LogP contribution in [0.2, 0.25) is 5.02 Å². The van der Waals surface area contributed by atoms with Crippen LogP contribution in [0.1, 0.15) is 59.9 Å². The third kappa shape index (κ3) is 4.33. The first-order chi connectivity index (χ1) is 15.9. The molecular weight excluding hydrogens is 478 g/mol. The number of benzene rings is 1. The van der Waals surface area contributed by atoms with Gasteiger partial charge < -0.3 is 4.98 Å². The number of H-pyrrole nitrogens is 1. The number of hydrogen-bond acceptors (Lipinski definition) is 5. The van der Waals surface area contributed by atoms with Crippen molar-refractivity contribution in [2.75, 3.05) is 4.72 Å². The highest BCUT2D eigenvalue weighted by Gasteiger charge is 2.40. The Balaban J connectivity index is 1.68. The van der Waals surface area contributed by atoms with Gasteiger partial charge in [-0.2, -0.15) is 0 Å². The highest BCUT2D eigenvalue weighted by atomic mass is 35.5. The monoisotopic (exact) mass is 501 g/mol. The molecule has 0 spiro atoms. The van der Waals surface area contributed by atoms with Crippen molar-refractivity contribution in [2.24, 2.45) is 5.41 Å². The molecule has 34 heavy (non-hydrogen) atoms. The molecule has 2 aliphatic rings. The molecule has 178 valence electrons. The molecule has 0 fully saturated rings. The molecule has 2 aromatic rings. The summed E-state index contributed by atoms with van der Waals surface area (Å²) in [4.78, 5) is 41.8. The molecule has 10 heteroatoms. The van der Waals surface area contributed by atoms with Gasteiger partial charge in [0.2, 0.25) is 0 Å². The Labute approximate surface area is 202 Å². The van der Waals surface area contributed by atoms with E-state index < -0.39 is 27.4 Å². The zero-order chi connectivity index (χ0) is 24.8. The number of nitrogens with zero attached hydrogens (tertiary/aromatic N) is 1. The molecule has 0 unspecified atom stereocenters. The van der Waals surface area contributed by atoms with Crippen molar-refractivity contribution >= 4 is 39.1 Å². The first-order valence-corrected chi connectivity index (χ1v) is 12.5. The fourth-order valence-corrected chi connectivity index (χ4v) is 5.47. The van der Waals surface area contributed by atoms with Gasteiger partial charge in [-0.05, 0) is 42.5 Å². The van der Waals surface area contributed by atoms with Gasteiger partial charge in [0.05, 0.1) is 33.3 Å². The number of carbonyl (C=O) groups excluding carboxylic acids is 2. The molecule has 0 bridgehead atoms. The third-order valence-electron chi connectivity index (χ3n) is 5.96. The van der Waals surface area contributed by atoms with E-state index in [0.717, 1.165) is 10.5 Å². The van der Waals surface area contributed by atoms with Crippen LogP contribution in [-0.4, -0.2) is 30.1 Å². The summed E-state index contributed by atoms with van der Waals surface area (Å²) in [7, 11) is -3.98. The van der Waals surface area contributed by atoms with Gasteiger partial charge in [0.25, 0.3) is 27.4 Å². The first-order valence-electron chi connectivity index (χ1n) is 10.7. The Hall–Kier alpha value is -3.17. The number of aromatic nitrogens is 1. The molecule has 2 amide bonds. The number of amides is 2. The Morgan fingerprint density at radius 1 is 1.03 bits per heavy atom. The fraction of sp³-hybridized carbons (Fsp3) is 0.292. The molecule has 1 aromatic heterocycles. The van der Waals surface area contributed by atoms with Gasteiger partial charge in [-0.3, -0.25) is 24.0 Å². The Morgan fingerprint density at radius 3 is 2.35 bits per heavy atom. The number of pyridine rings is 1. The summed E-state index contributed by atoms with van der Waals surface area (Å²) >= 11 is 6.22. The van der Waals surface area contributed by atoms with Crippen molar-refractivity contribution in [2.45, 2.75) is 40.2 Å². The second kappa shape index (κ2) is 8.56. The molecule has 0 saturated carbocycles. The van der Waals surface area contributed by atoms with E-state index in [1.54, 1.807) is 12.1 Å². The summed E-state index contributed by atoms with van der Waals surface area (Å²) in [6.07, 6.45) is 5.76. The molecule has 0 radical (unpaired) electrons. The number of allylic oxidation sites excluding steroid dienone is 4. The van der Waals surface area contributed by atoms with Crippen LogP contribution in [0.4, 0.5) is 5.69 Å². The number of imide groups is 1. The number of carbonyl (C=O) groups is 2. The van der Waals surface area contributed by atoms with Crippen LogP contribution in [0.25, 0.3) is 0 Å². The second-order valence-electron chi connectivity index (χ2n) is 9.25. The average molecular weight is 502 g/mol. The lowest BCUT2D eigenvalue weighted by Crippen LogP contribution is -2.32. The maximum absolute atomic E-state index is 13.2. The minimum Gasteiger partial charge on any atom is -0.329 e. The Kier molecular flexibility index (Phi) is 6.03. The topological polar surface area (TPSA) is 116 Å². The molecule has 0 atom stereocenters. The third-order valence-corrected chi connectivity index (χ3v) is 7.80. The van der Waals surface area contributed by atoms with Gasteiger partial charge in [0.1, 0.15) is 0 Å². The minimum absolute atomic E-state index is 0.0235. The zero-order valence-electron chi connectivity index (χ0n) is 18.9. The lowest BCUT2D eigenvalue weighted by Gasteiger charge is -2.26.